The Morgan fingerprint density at radius 1 is 1.29 bits per heavy atom. The minimum absolute atomic E-state index is 0.138. The predicted octanol–water partition coefficient (Wildman–Crippen LogP) is 3.46. The van der Waals surface area contributed by atoms with E-state index in [0.717, 1.165) is 18.5 Å². The highest BCUT2D eigenvalue weighted by atomic mass is 19.1. The van der Waals surface area contributed by atoms with Crippen molar-refractivity contribution in [3.63, 3.8) is 0 Å². The molecule has 24 heavy (non-hydrogen) atoms. The first-order chi connectivity index (χ1) is 11.6. The molecular formula is C19H21FN2O2. The zero-order valence-corrected chi connectivity index (χ0v) is 13.7. The molecule has 0 aliphatic carbocycles. The van der Waals surface area contributed by atoms with Gasteiger partial charge in [-0.15, -0.1) is 0 Å². The Balaban J connectivity index is 1.60. The standard InChI is InChI=1S/C19H21FN2O2/c1-14-6-4-10-18(21-14)24-13-15-7-5-11-22(12-15)19(23)16-8-2-3-9-17(16)20/h2-4,6,8-10,15H,5,7,11-13H2,1H3. The lowest BCUT2D eigenvalue weighted by molar-refractivity contribution is 0.0626. The van der Waals surface area contributed by atoms with Crippen LogP contribution in [0.1, 0.15) is 28.9 Å². The van der Waals surface area contributed by atoms with Gasteiger partial charge in [-0.05, 0) is 38.0 Å². The molecule has 0 radical (unpaired) electrons. The number of amides is 1. The van der Waals surface area contributed by atoms with E-state index in [0.29, 0.717) is 25.6 Å². The summed E-state index contributed by atoms with van der Waals surface area (Å²) in [5, 5.41) is 0. The van der Waals surface area contributed by atoms with Crippen LogP contribution in [0.3, 0.4) is 0 Å². The van der Waals surface area contributed by atoms with Gasteiger partial charge in [0.05, 0.1) is 12.2 Å². The van der Waals surface area contributed by atoms with Gasteiger partial charge >= 0.3 is 0 Å². The predicted molar refractivity (Wildman–Crippen MR) is 89.5 cm³/mol. The van der Waals surface area contributed by atoms with Crippen molar-refractivity contribution in [3.8, 4) is 5.88 Å². The van der Waals surface area contributed by atoms with Crippen molar-refractivity contribution in [1.82, 2.24) is 9.88 Å². The van der Waals surface area contributed by atoms with Crippen molar-refractivity contribution in [3.05, 3.63) is 59.5 Å². The van der Waals surface area contributed by atoms with Gasteiger partial charge in [0, 0.05) is 30.8 Å². The zero-order chi connectivity index (χ0) is 16.9. The molecule has 2 heterocycles. The third-order valence-corrected chi connectivity index (χ3v) is 4.24. The van der Waals surface area contributed by atoms with E-state index >= 15 is 0 Å². The molecule has 0 saturated carbocycles. The summed E-state index contributed by atoms with van der Waals surface area (Å²) >= 11 is 0. The summed E-state index contributed by atoms with van der Waals surface area (Å²) < 4.78 is 19.6. The molecule has 1 saturated heterocycles. The number of aromatic nitrogens is 1. The summed E-state index contributed by atoms with van der Waals surface area (Å²) in [5.74, 6) is 0.126. The summed E-state index contributed by atoms with van der Waals surface area (Å²) in [7, 11) is 0. The summed E-state index contributed by atoms with van der Waals surface area (Å²) in [6, 6.07) is 11.8. The molecule has 1 amide bonds. The van der Waals surface area contributed by atoms with Crippen molar-refractivity contribution in [1.29, 1.82) is 0 Å². The molecule has 0 N–H and O–H groups in total. The van der Waals surface area contributed by atoms with Gasteiger partial charge in [0.1, 0.15) is 5.82 Å². The SMILES string of the molecule is Cc1cccc(OCC2CCCN(C(=O)c3ccccc3F)C2)n1. The summed E-state index contributed by atoms with van der Waals surface area (Å²) in [4.78, 5) is 18.6. The van der Waals surface area contributed by atoms with Crippen molar-refractivity contribution in [2.24, 2.45) is 5.92 Å². The fourth-order valence-corrected chi connectivity index (χ4v) is 2.99. The van der Waals surface area contributed by atoms with E-state index in [1.165, 1.54) is 12.1 Å². The Labute approximate surface area is 141 Å². The minimum Gasteiger partial charge on any atom is -0.477 e. The van der Waals surface area contributed by atoms with Crippen LogP contribution < -0.4 is 4.74 Å². The Morgan fingerprint density at radius 2 is 2.12 bits per heavy atom. The van der Waals surface area contributed by atoms with Gasteiger partial charge in [-0.2, -0.15) is 0 Å². The average molecular weight is 328 g/mol. The first-order valence-corrected chi connectivity index (χ1v) is 8.24. The Hall–Kier alpha value is -2.43. The third-order valence-electron chi connectivity index (χ3n) is 4.24. The molecular weight excluding hydrogens is 307 g/mol. The number of hydrogen-bond donors (Lipinski definition) is 0. The van der Waals surface area contributed by atoms with Crippen LogP contribution in [-0.4, -0.2) is 35.5 Å². The maximum Gasteiger partial charge on any atom is 0.256 e. The van der Waals surface area contributed by atoms with Crippen LogP contribution in [0.15, 0.2) is 42.5 Å². The fraction of sp³-hybridized carbons (Fsp3) is 0.368. The molecule has 1 aliphatic rings. The minimum atomic E-state index is -0.468. The van der Waals surface area contributed by atoms with Gasteiger partial charge in [0.15, 0.2) is 0 Å². The number of ether oxygens (including phenoxy) is 1. The molecule has 3 rings (SSSR count). The highest BCUT2D eigenvalue weighted by Gasteiger charge is 2.26. The number of rotatable bonds is 4. The summed E-state index contributed by atoms with van der Waals surface area (Å²) in [6.45, 7) is 3.67. The second-order valence-corrected chi connectivity index (χ2v) is 6.17. The molecule has 1 fully saturated rings. The summed E-state index contributed by atoms with van der Waals surface area (Å²) in [6.07, 6.45) is 1.89. The first kappa shape index (κ1) is 16.4. The van der Waals surface area contributed by atoms with Crippen molar-refractivity contribution in [2.75, 3.05) is 19.7 Å². The number of pyridine rings is 1. The monoisotopic (exact) mass is 328 g/mol. The number of nitrogens with zero attached hydrogens (tertiary/aromatic N) is 2. The number of piperidine rings is 1. The molecule has 1 aliphatic heterocycles. The van der Waals surface area contributed by atoms with Gasteiger partial charge in [-0.25, -0.2) is 9.37 Å². The van der Waals surface area contributed by atoms with E-state index in [-0.39, 0.29) is 17.4 Å². The largest absolute Gasteiger partial charge is 0.477 e. The lowest BCUT2D eigenvalue weighted by Crippen LogP contribution is -2.41. The number of aryl methyl sites for hydroxylation is 1. The molecule has 0 bridgehead atoms. The lowest BCUT2D eigenvalue weighted by atomic mass is 9.98. The van der Waals surface area contributed by atoms with Gasteiger partial charge in [-0.1, -0.05) is 18.2 Å². The molecule has 2 aromatic rings. The normalized spacial score (nSPS) is 17.6. The summed E-state index contributed by atoms with van der Waals surface area (Å²) in [5.41, 5.74) is 1.05. The van der Waals surface area contributed by atoms with Gasteiger partial charge in [0.2, 0.25) is 5.88 Å². The van der Waals surface area contributed by atoms with Crippen molar-refractivity contribution in [2.45, 2.75) is 19.8 Å². The number of likely N-dealkylation sites (tertiary alicyclic amines) is 1. The number of carbonyl (C=O) groups is 1. The average Bonchev–Trinajstić information content (AvgIpc) is 2.60. The van der Waals surface area contributed by atoms with Crippen LogP contribution in [0.4, 0.5) is 4.39 Å². The van der Waals surface area contributed by atoms with E-state index < -0.39 is 5.82 Å². The number of halogens is 1. The molecule has 1 aromatic heterocycles. The number of carbonyl (C=O) groups excluding carboxylic acids is 1. The molecule has 1 atom stereocenters. The van der Waals surface area contributed by atoms with E-state index in [9.17, 15) is 9.18 Å². The van der Waals surface area contributed by atoms with Crippen LogP contribution in [0.5, 0.6) is 5.88 Å². The zero-order valence-electron chi connectivity index (χ0n) is 13.7. The van der Waals surface area contributed by atoms with E-state index in [1.807, 2.05) is 25.1 Å². The third kappa shape index (κ3) is 3.91. The smallest absolute Gasteiger partial charge is 0.256 e. The molecule has 0 spiro atoms. The lowest BCUT2D eigenvalue weighted by Gasteiger charge is -2.32. The topological polar surface area (TPSA) is 42.4 Å². The quantitative estimate of drug-likeness (QED) is 0.863. The fourth-order valence-electron chi connectivity index (χ4n) is 2.99. The molecule has 126 valence electrons. The molecule has 4 nitrogen and oxygen atoms in total. The van der Waals surface area contributed by atoms with E-state index in [2.05, 4.69) is 4.98 Å². The first-order valence-electron chi connectivity index (χ1n) is 8.24. The second kappa shape index (κ2) is 7.43. The van der Waals surface area contributed by atoms with Crippen LogP contribution in [0, 0.1) is 18.7 Å². The number of hydrogen-bond acceptors (Lipinski definition) is 3. The molecule has 1 unspecified atom stereocenters. The second-order valence-electron chi connectivity index (χ2n) is 6.17. The maximum absolute atomic E-state index is 13.8. The van der Waals surface area contributed by atoms with Gasteiger partial charge in [0.25, 0.3) is 5.91 Å². The van der Waals surface area contributed by atoms with E-state index in [4.69, 9.17) is 4.74 Å². The van der Waals surface area contributed by atoms with Crippen molar-refractivity contribution >= 4 is 5.91 Å². The van der Waals surface area contributed by atoms with Crippen LogP contribution in [0.25, 0.3) is 0 Å². The number of benzene rings is 1. The molecule has 1 aromatic carbocycles. The maximum atomic E-state index is 13.8. The van der Waals surface area contributed by atoms with Crippen LogP contribution in [0.2, 0.25) is 0 Å². The van der Waals surface area contributed by atoms with Crippen molar-refractivity contribution < 1.29 is 13.9 Å². The van der Waals surface area contributed by atoms with E-state index in [1.54, 1.807) is 17.0 Å². The highest BCUT2D eigenvalue weighted by molar-refractivity contribution is 5.94. The highest BCUT2D eigenvalue weighted by Crippen LogP contribution is 2.21. The molecule has 5 heteroatoms. The van der Waals surface area contributed by atoms with Gasteiger partial charge < -0.3 is 9.64 Å². The van der Waals surface area contributed by atoms with Gasteiger partial charge in [-0.3, -0.25) is 4.79 Å². The Morgan fingerprint density at radius 3 is 2.92 bits per heavy atom. The Kier molecular flexibility index (Phi) is 5.08. The Bertz CT molecular complexity index is 720. The van der Waals surface area contributed by atoms with Crippen LogP contribution in [-0.2, 0) is 0 Å². The van der Waals surface area contributed by atoms with Crippen LogP contribution >= 0.6 is 0 Å².